The van der Waals surface area contributed by atoms with Crippen LogP contribution < -0.4 is 0 Å². The van der Waals surface area contributed by atoms with Crippen LogP contribution >= 0.6 is 0 Å². The van der Waals surface area contributed by atoms with Gasteiger partial charge < -0.3 is 9.88 Å². The van der Waals surface area contributed by atoms with Crippen molar-refractivity contribution in [2.24, 2.45) is 0 Å². The lowest BCUT2D eigenvalue weighted by Gasteiger charge is -2.22. The minimum absolute atomic E-state index is 0.791. The molecule has 5 nitrogen and oxygen atoms in total. The molecule has 26 heavy (non-hydrogen) atoms. The van der Waals surface area contributed by atoms with Gasteiger partial charge in [-0.2, -0.15) is 0 Å². The monoisotopic (exact) mass is 341 g/mol. The molecule has 0 spiro atoms. The number of likely N-dealkylation sites (N-methyl/N-ethyl adjacent to an activating group) is 1. The van der Waals surface area contributed by atoms with Crippen LogP contribution in [0.3, 0.4) is 0 Å². The molecule has 4 aromatic rings. The van der Waals surface area contributed by atoms with E-state index in [1.165, 1.54) is 16.7 Å². The number of hydrogen-bond donors (Lipinski definition) is 1. The molecule has 5 heterocycles. The van der Waals surface area contributed by atoms with Gasteiger partial charge in [-0.1, -0.05) is 6.08 Å². The topological polar surface area (TPSA) is 57.7 Å². The summed E-state index contributed by atoms with van der Waals surface area (Å²) in [5.41, 5.74) is 5.55. The Morgan fingerprint density at radius 2 is 1.88 bits per heavy atom. The molecule has 4 aromatic heterocycles. The van der Waals surface area contributed by atoms with Crippen LogP contribution in [-0.2, 0) is 0 Å². The van der Waals surface area contributed by atoms with Crippen LogP contribution in [0.15, 0.2) is 55.3 Å². The van der Waals surface area contributed by atoms with Crippen molar-refractivity contribution < 1.29 is 0 Å². The van der Waals surface area contributed by atoms with Crippen LogP contribution in [0, 0.1) is 0 Å². The average Bonchev–Trinajstić information content (AvgIpc) is 3.13. The zero-order valence-corrected chi connectivity index (χ0v) is 14.6. The molecule has 1 aliphatic heterocycles. The molecular formula is C21H19N5. The maximum absolute atomic E-state index is 4.64. The third-order valence-corrected chi connectivity index (χ3v) is 5.16. The average molecular weight is 341 g/mol. The minimum Gasteiger partial charge on any atom is -0.361 e. The maximum Gasteiger partial charge on any atom is 0.160 e. The SMILES string of the molecule is CN1CC=C(c2[nH]ccc3c2cnc2ncc(-c4ccncc4)c23)CC1. The fourth-order valence-corrected chi connectivity index (χ4v) is 3.74. The fourth-order valence-electron chi connectivity index (χ4n) is 3.74. The molecule has 1 N–H and O–H groups in total. The van der Waals surface area contributed by atoms with E-state index in [1.54, 1.807) is 0 Å². The van der Waals surface area contributed by atoms with Gasteiger partial charge in [0.25, 0.3) is 0 Å². The number of rotatable bonds is 2. The molecule has 0 saturated heterocycles. The second-order valence-corrected chi connectivity index (χ2v) is 6.79. The van der Waals surface area contributed by atoms with Crippen molar-refractivity contribution in [1.29, 1.82) is 0 Å². The van der Waals surface area contributed by atoms with Crippen molar-refractivity contribution in [2.45, 2.75) is 6.42 Å². The molecule has 0 fully saturated rings. The summed E-state index contributed by atoms with van der Waals surface area (Å²) < 4.78 is 0. The molecule has 0 atom stereocenters. The first-order valence-electron chi connectivity index (χ1n) is 8.84. The number of fused-ring (bicyclic) bond motifs is 3. The van der Waals surface area contributed by atoms with E-state index in [0.29, 0.717) is 0 Å². The highest BCUT2D eigenvalue weighted by Crippen LogP contribution is 2.35. The Kier molecular flexibility index (Phi) is 3.53. The van der Waals surface area contributed by atoms with Crippen molar-refractivity contribution in [3.05, 3.63) is 61.0 Å². The van der Waals surface area contributed by atoms with Gasteiger partial charge in [-0.25, -0.2) is 9.97 Å². The zero-order valence-electron chi connectivity index (χ0n) is 14.6. The quantitative estimate of drug-likeness (QED) is 0.601. The van der Waals surface area contributed by atoms with Crippen LogP contribution in [-0.4, -0.2) is 45.0 Å². The Morgan fingerprint density at radius 1 is 1.04 bits per heavy atom. The van der Waals surface area contributed by atoms with Crippen LogP contribution in [0.4, 0.5) is 0 Å². The van der Waals surface area contributed by atoms with Gasteiger partial charge in [0.15, 0.2) is 5.65 Å². The molecule has 0 aliphatic carbocycles. The first-order valence-corrected chi connectivity index (χ1v) is 8.84. The zero-order chi connectivity index (χ0) is 17.5. The summed E-state index contributed by atoms with van der Waals surface area (Å²) in [6, 6.07) is 6.17. The first kappa shape index (κ1) is 15.2. The molecule has 128 valence electrons. The summed E-state index contributed by atoms with van der Waals surface area (Å²) in [5.74, 6) is 0. The second kappa shape index (κ2) is 6.04. The van der Waals surface area contributed by atoms with Crippen LogP contribution in [0.5, 0.6) is 0 Å². The van der Waals surface area contributed by atoms with E-state index in [0.717, 1.165) is 47.1 Å². The molecule has 0 aromatic carbocycles. The largest absolute Gasteiger partial charge is 0.361 e. The highest BCUT2D eigenvalue weighted by molar-refractivity contribution is 6.13. The Hall–Kier alpha value is -3.05. The summed E-state index contributed by atoms with van der Waals surface area (Å²) in [7, 11) is 2.15. The predicted octanol–water partition coefficient (Wildman–Crippen LogP) is 3.89. The number of nitrogens with one attached hydrogen (secondary N) is 1. The van der Waals surface area contributed by atoms with Gasteiger partial charge in [0.2, 0.25) is 0 Å². The number of aromatic amines is 1. The number of aromatic nitrogens is 4. The predicted molar refractivity (Wildman–Crippen MR) is 105 cm³/mol. The van der Waals surface area contributed by atoms with E-state index in [9.17, 15) is 0 Å². The van der Waals surface area contributed by atoms with Crippen molar-refractivity contribution >= 4 is 27.4 Å². The number of hydrogen-bond acceptors (Lipinski definition) is 4. The lowest BCUT2D eigenvalue weighted by molar-refractivity contribution is 0.370. The Morgan fingerprint density at radius 3 is 2.69 bits per heavy atom. The van der Waals surface area contributed by atoms with Crippen molar-refractivity contribution in [1.82, 2.24) is 24.8 Å². The van der Waals surface area contributed by atoms with Gasteiger partial charge in [-0.3, -0.25) is 4.98 Å². The minimum atomic E-state index is 0.791. The van der Waals surface area contributed by atoms with Gasteiger partial charge in [0.05, 0.1) is 5.69 Å². The normalized spacial score (nSPS) is 15.5. The summed E-state index contributed by atoms with van der Waals surface area (Å²) in [5, 5.41) is 3.45. The Balaban J connectivity index is 1.77. The number of nitrogens with zero attached hydrogens (tertiary/aromatic N) is 4. The highest BCUT2D eigenvalue weighted by atomic mass is 15.1. The lowest BCUT2D eigenvalue weighted by Crippen LogP contribution is -2.23. The summed E-state index contributed by atoms with van der Waals surface area (Å²) >= 11 is 0. The standard InChI is InChI=1S/C21H19N5/c1-26-10-5-15(6-11-26)20-18-13-25-21-19(16(18)4-9-23-20)17(12-24-21)14-2-7-22-8-3-14/h2-5,7-9,12-13,23H,6,10-11H2,1H3. The lowest BCUT2D eigenvalue weighted by atomic mass is 9.97. The third kappa shape index (κ3) is 2.40. The maximum atomic E-state index is 4.64. The number of H-pyrrole nitrogens is 1. The smallest absolute Gasteiger partial charge is 0.160 e. The van der Waals surface area contributed by atoms with Gasteiger partial charge in [-0.15, -0.1) is 0 Å². The fraction of sp³-hybridized carbons (Fsp3) is 0.190. The van der Waals surface area contributed by atoms with E-state index in [4.69, 9.17) is 0 Å². The first-order chi connectivity index (χ1) is 12.8. The number of pyridine rings is 3. The molecular weight excluding hydrogens is 322 g/mol. The van der Waals surface area contributed by atoms with Gasteiger partial charge in [0.1, 0.15) is 0 Å². The summed E-state index contributed by atoms with van der Waals surface area (Å²) in [6.07, 6.45) is 12.9. The summed E-state index contributed by atoms with van der Waals surface area (Å²) in [6.45, 7) is 2.06. The van der Waals surface area contributed by atoms with Crippen molar-refractivity contribution in [3.63, 3.8) is 0 Å². The van der Waals surface area contributed by atoms with Gasteiger partial charge >= 0.3 is 0 Å². The Labute approximate surface area is 151 Å². The van der Waals surface area contributed by atoms with Gasteiger partial charge in [0, 0.05) is 60.4 Å². The molecule has 5 rings (SSSR count). The second-order valence-electron chi connectivity index (χ2n) is 6.79. The van der Waals surface area contributed by atoms with Crippen molar-refractivity contribution in [2.75, 3.05) is 20.1 Å². The molecule has 0 amide bonds. The Bertz CT molecular complexity index is 1130. The van der Waals surface area contributed by atoms with E-state index in [2.05, 4.69) is 44.0 Å². The van der Waals surface area contributed by atoms with E-state index >= 15 is 0 Å². The van der Waals surface area contributed by atoms with Crippen LogP contribution in [0.2, 0.25) is 0 Å². The van der Waals surface area contributed by atoms with E-state index in [-0.39, 0.29) is 0 Å². The molecule has 1 aliphatic rings. The third-order valence-electron chi connectivity index (χ3n) is 5.16. The van der Waals surface area contributed by atoms with Crippen LogP contribution in [0.25, 0.3) is 38.5 Å². The molecule has 0 unspecified atom stereocenters. The van der Waals surface area contributed by atoms with E-state index in [1.807, 2.05) is 43.1 Å². The molecule has 5 heteroatoms. The van der Waals surface area contributed by atoms with Crippen LogP contribution in [0.1, 0.15) is 12.1 Å². The van der Waals surface area contributed by atoms with Gasteiger partial charge in [-0.05, 0) is 48.2 Å². The highest BCUT2D eigenvalue weighted by Gasteiger charge is 2.16. The molecule has 0 saturated carbocycles. The molecule has 0 radical (unpaired) electrons. The molecule has 0 bridgehead atoms. The van der Waals surface area contributed by atoms with Crippen molar-refractivity contribution in [3.8, 4) is 11.1 Å². The van der Waals surface area contributed by atoms with E-state index < -0.39 is 0 Å². The summed E-state index contributed by atoms with van der Waals surface area (Å²) in [4.78, 5) is 19.1.